The van der Waals surface area contributed by atoms with Crippen LogP contribution in [0.4, 0.5) is 5.69 Å². The van der Waals surface area contributed by atoms with Gasteiger partial charge >= 0.3 is 0 Å². The van der Waals surface area contributed by atoms with Crippen LogP contribution >= 0.6 is 23.1 Å². The number of amides is 1. The van der Waals surface area contributed by atoms with E-state index in [9.17, 15) is 4.79 Å². The number of thioether (sulfide) groups is 1. The van der Waals surface area contributed by atoms with Gasteiger partial charge in [-0.2, -0.15) is 0 Å². The van der Waals surface area contributed by atoms with Crippen LogP contribution in [-0.4, -0.2) is 20.4 Å². The Morgan fingerprint density at radius 1 is 1.13 bits per heavy atom. The maximum atomic E-state index is 12.9. The van der Waals surface area contributed by atoms with Gasteiger partial charge in [-0.15, -0.1) is 23.1 Å². The molecule has 4 rings (SSSR count). The van der Waals surface area contributed by atoms with Gasteiger partial charge in [0, 0.05) is 40.7 Å². The van der Waals surface area contributed by atoms with Gasteiger partial charge in [0.2, 0.25) is 0 Å². The van der Waals surface area contributed by atoms with Crippen molar-refractivity contribution in [2.75, 3.05) is 5.32 Å². The zero-order valence-corrected chi connectivity index (χ0v) is 18.5. The van der Waals surface area contributed by atoms with E-state index < -0.39 is 0 Å². The first kappa shape index (κ1) is 20.4. The van der Waals surface area contributed by atoms with Crippen LogP contribution < -0.4 is 5.32 Å². The molecule has 0 aliphatic carbocycles. The summed E-state index contributed by atoms with van der Waals surface area (Å²) in [5.74, 6) is 1.62. The Hall–Kier alpha value is -2.90. The van der Waals surface area contributed by atoms with Crippen molar-refractivity contribution in [2.45, 2.75) is 31.0 Å². The molecule has 4 aromatic rings. The predicted octanol–water partition coefficient (Wildman–Crippen LogP) is 5.55. The van der Waals surface area contributed by atoms with Crippen LogP contribution in [0.1, 0.15) is 32.4 Å². The molecule has 1 amide bonds. The summed E-state index contributed by atoms with van der Waals surface area (Å²) in [7, 11) is 0. The number of nitrogens with zero attached hydrogens (tertiary/aromatic N) is 3. The topological polar surface area (TPSA) is 59.8 Å². The number of hydrogen-bond donors (Lipinski definition) is 1. The summed E-state index contributed by atoms with van der Waals surface area (Å²) >= 11 is 3.28. The lowest BCUT2D eigenvalue weighted by atomic mass is 10.1. The fraction of sp³-hybridized carbons (Fsp3) is 0.174. The molecule has 152 valence electrons. The number of hydrogen-bond acceptors (Lipinski definition) is 5. The van der Waals surface area contributed by atoms with Gasteiger partial charge in [-0.25, -0.2) is 9.97 Å². The third kappa shape index (κ3) is 4.98. The Balaban J connectivity index is 1.41. The van der Waals surface area contributed by atoms with Crippen LogP contribution in [-0.2, 0) is 12.3 Å². The molecular weight excluding hydrogens is 412 g/mol. The summed E-state index contributed by atoms with van der Waals surface area (Å²) in [6.07, 6.45) is 3.77. The van der Waals surface area contributed by atoms with E-state index in [1.165, 1.54) is 0 Å². The molecule has 0 unspecified atom stereocenters. The summed E-state index contributed by atoms with van der Waals surface area (Å²) < 4.78 is 2.09. The second-order valence-electron chi connectivity index (χ2n) is 6.90. The van der Waals surface area contributed by atoms with E-state index in [-0.39, 0.29) is 5.91 Å². The van der Waals surface area contributed by atoms with Gasteiger partial charge in [0.25, 0.3) is 5.91 Å². The molecule has 0 atom stereocenters. The predicted molar refractivity (Wildman–Crippen MR) is 123 cm³/mol. The number of carbonyl (C=O) groups is 1. The lowest BCUT2D eigenvalue weighted by molar-refractivity contribution is 0.102. The molecule has 0 bridgehead atoms. The van der Waals surface area contributed by atoms with E-state index in [0.29, 0.717) is 5.56 Å². The van der Waals surface area contributed by atoms with Crippen LogP contribution in [0.15, 0.2) is 71.2 Å². The van der Waals surface area contributed by atoms with E-state index in [4.69, 9.17) is 0 Å². The van der Waals surface area contributed by atoms with E-state index in [1.54, 1.807) is 29.3 Å². The number of nitrogens with one attached hydrogen (secondary N) is 1. The minimum Gasteiger partial charge on any atom is -0.331 e. The number of rotatable bonds is 7. The SMILES string of the molecule is Cc1nc(CSc2ccccc2C(=O)Nc2ccc(Cn3ccnc3C)cc2)cs1. The van der Waals surface area contributed by atoms with E-state index in [2.05, 4.69) is 25.2 Å². The Kier molecular flexibility index (Phi) is 6.30. The van der Waals surface area contributed by atoms with Crippen molar-refractivity contribution in [1.82, 2.24) is 14.5 Å². The Morgan fingerprint density at radius 3 is 2.63 bits per heavy atom. The number of anilines is 1. The Bertz CT molecular complexity index is 1150. The summed E-state index contributed by atoms with van der Waals surface area (Å²) in [5.41, 5.74) is 3.65. The summed E-state index contributed by atoms with van der Waals surface area (Å²) in [5, 5.41) is 6.14. The number of carbonyl (C=O) groups excluding carboxylic acids is 1. The molecule has 0 saturated heterocycles. The quantitative estimate of drug-likeness (QED) is 0.388. The fourth-order valence-electron chi connectivity index (χ4n) is 3.07. The normalized spacial score (nSPS) is 10.9. The number of imidazole rings is 1. The molecule has 2 aromatic carbocycles. The third-order valence-electron chi connectivity index (χ3n) is 4.66. The van der Waals surface area contributed by atoms with Crippen molar-refractivity contribution in [3.63, 3.8) is 0 Å². The molecule has 0 fully saturated rings. The lowest BCUT2D eigenvalue weighted by Gasteiger charge is -2.11. The van der Waals surface area contributed by atoms with Gasteiger partial charge in [0.05, 0.1) is 16.3 Å². The first-order valence-electron chi connectivity index (χ1n) is 9.59. The molecule has 0 saturated carbocycles. The van der Waals surface area contributed by atoms with Gasteiger partial charge in [-0.1, -0.05) is 24.3 Å². The Labute approximate surface area is 184 Å². The van der Waals surface area contributed by atoms with Crippen LogP contribution in [0.5, 0.6) is 0 Å². The van der Waals surface area contributed by atoms with Crippen molar-refractivity contribution in [2.24, 2.45) is 0 Å². The molecule has 0 radical (unpaired) electrons. The molecule has 0 aliphatic heterocycles. The third-order valence-corrected chi connectivity index (χ3v) is 6.59. The van der Waals surface area contributed by atoms with Crippen molar-refractivity contribution in [1.29, 1.82) is 0 Å². The summed E-state index contributed by atoms with van der Waals surface area (Å²) in [6.45, 7) is 4.75. The highest BCUT2D eigenvalue weighted by molar-refractivity contribution is 7.98. The lowest BCUT2D eigenvalue weighted by Crippen LogP contribution is -2.13. The number of benzene rings is 2. The van der Waals surface area contributed by atoms with Gasteiger partial charge in [-0.05, 0) is 43.7 Å². The minimum atomic E-state index is -0.106. The minimum absolute atomic E-state index is 0.106. The first-order chi connectivity index (χ1) is 14.6. The van der Waals surface area contributed by atoms with E-state index in [0.717, 1.165) is 45.0 Å². The van der Waals surface area contributed by atoms with Gasteiger partial charge in [0.1, 0.15) is 5.82 Å². The summed E-state index contributed by atoms with van der Waals surface area (Å²) in [6, 6.07) is 15.6. The average molecular weight is 435 g/mol. The smallest absolute Gasteiger partial charge is 0.256 e. The maximum Gasteiger partial charge on any atom is 0.256 e. The van der Waals surface area contributed by atoms with Gasteiger partial charge in [-0.3, -0.25) is 4.79 Å². The standard InChI is InChI=1S/C23H22N4OS2/c1-16-24-11-12-27(16)13-18-7-9-19(10-8-18)26-23(28)21-5-3-4-6-22(21)30-15-20-14-29-17(2)25-20/h3-12,14H,13,15H2,1-2H3,(H,26,28). The van der Waals surface area contributed by atoms with Crippen LogP contribution in [0.25, 0.3) is 0 Å². The largest absolute Gasteiger partial charge is 0.331 e. The van der Waals surface area contributed by atoms with E-state index in [1.807, 2.05) is 68.6 Å². The van der Waals surface area contributed by atoms with Crippen molar-refractivity contribution in [3.05, 3.63) is 94.0 Å². The highest BCUT2D eigenvalue weighted by Gasteiger charge is 2.12. The molecule has 1 N–H and O–H groups in total. The second kappa shape index (κ2) is 9.28. The monoisotopic (exact) mass is 434 g/mol. The number of thiazole rings is 1. The maximum absolute atomic E-state index is 12.9. The number of aryl methyl sites for hydroxylation is 2. The number of aromatic nitrogens is 3. The molecular formula is C23H22N4OS2. The molecule has 5 nitrogen and oxygen atoms in total. The highest BCUT2D eigenvalue weighted by atomic mass is 32.2. The molecule has 0 spiro atoms. The van der Waals surface area contributed by atoms with Crippen LogP contribution in [0.2, 0.25) is 0 Å². The highest BCUT2D eigenvalue weighted by Crippen LogP contribution is 2.27. The average Bonchev–Trinajstić information content (AvgIpc) is 3.36. The van der Waals surface area contributed by atoms with Crippen molar-refractivity contribution in [3.8, 4) is 0 Å². The molecule has 2 aromatic heterocycles. The molecule has 0 aliphatic rings. The van der Waals surface area contributed by atoms with E-state index >= 15 is 0 Å². The first-order valence-corrected chi connectivity index (χ1v) is 11.5. The molecule has 2 heterocycles. The van der Waals surface area contributed by atoms with Crippen molar-refractivity contribution < 1.29 is 4.79 Å². The van der Waals surface area contributed by atoms with Gasteiger partial charge < -0.3 is 9.88 Å². The van der Waals surface area contributed by atoms with Crippen LogP contribution in [0.3, 0.4) is 0 Å². The zero-order chi connectivity index (χ0) is 20.9. The molecule has 7 heteroatoms. The zero-order valence-electron chi connectivity index (χ0n) is 16.8. The van der Waals surface area contributed by atoms with Gasteiger partial charge in [0.15, 0.2) is 0 Å². The molecule has 30 heavy (non-hydrogen) atoms. The van der Waals surface area contributed by atoms with Crippen molar-refractivity contribution >= 4 is 34.7 Å². The summed E-state index contributed by atoms with van der Waals surface area (Å²) in [4.78, 5) is 22.6. The second-order valence-corrected chi connectivity index (χ2v) is 8.98. The van der Waals surface area contributed by atoms with Crippen LogP contribution in [0, 0.1) is 13.8 Å². The Morgan fingerprint density at radius 2 is 1.93 bits per heavy atom. The fourth-order valence-corrected chi connectivity index (χ4v) is 4.73.